The number of aliphatic carboxylic acids is 1. The highest BCUT2D eigenvalue weighted by Crippen LogP contribution is 2.38. The number of thiocarbonyl (C=S) groups is 1. The van der Waals surface area contributed by atoms with E-state index in [2.05, 4.69) is 4.98 Å². The van der Waals surface area contributed by atoms with Crippen LogP contribution in [0.1, 0.15) is 23.2 Å². The summed E-state index contributed by atoms with van der Waals surface area (Å²) in [6, 6.07) is 5.34. The molecule has 0 unspecified atom stereocenters. The number of hydrogen-bond acceptors (Lipinski definition) is 6. The largest absolute Gasteiger partial charge is 0.480 e. The van der Waals surface area contributed by atoms with Crippen LogP contribution in [0, 0.1) is 0 Å². The van der Waals surface area contributed by atoms with Crippen molar-refractivity contribution in [2.45, 2.75) is 18.8 Å². The zero-order valence-corrected chi connectivity index (χ0v) is 20.7. The molecule has 2 aromatic rings. The summed E-state index contributed by atoms with van der Waals surface area (Å²) in [6.07, 6.45) is -8.18. The van der Waals surface area contributed by atoms with Crippen LogP contribution >= 0.6 is 24.0 Å². The molecule has 6 nitrogen and oxygen atoms in total. The fourth-order valence-corrected chi connectivity index (χ4v) is 4.72. The summed E-state index contributed by atoms with van der Waals surface area (Å²) < 4.78 is 79.6. The van der Waals surface area contributed by atoms with Gasteiger partial charge in [0, 0.05) is 18.7 Å². The zero-order valence-electron chi connectivity index (χ0n) is 19.1. The smallest absolute Gasteiger partial charge is 0.416 e. The van der Waals surface area contributed by atoms with E-state index in [4.69, 9.17) is 17.3 Å². The molecule has 0 atom stereocenters. The fraction of sp³-hybridized carbons (Fsp3) is 0.304. The standard InChI is InChI=1S/C23H19F6N3O3S2/c1-31(12-19(33)34)6-3-7-32-20(35)18(37-21(32)36)11-16-4-2-5-17(30-16)13-8-14(22(24,25)26)10-15(9-13)23(27,28)29/h2,4-5,8-11H,3,6-7,12H2,1H3,(H,33,34)/b18-11-. The van der Waals surface area contributed by atoms with E-state index in [1.807, 2.05) is 0 Å². The Morgan fingerprint density at radius 1 is 1.14 bits per heavy atom. The highest BCUT2D eigenvalue weighted by atomic mass is 32.2. The second-order valence-corrected chi connectivity index (χ2v) is 9.74. The Kier molecular flexibility index (Phi) is 8.65. The number of carbonyl (C=O) groups is 2. The van der Waals surface area contributed by atoms with Crippen molar-refractivity contribution in [3.8, 4) is 11.3 Å². The molecule has 198 valence electrons. The van der Waals surface area contributed by atoms with Crippen LogP contribution < -0.4 is 0 Å². The first-order valence-electron chi connectivity index (χ1n) is 10.6. The minimum Gasteiger partial charge on any atom is -0.480 e. The van der Waals surface area contributed by atoms with Gasteiger partial charge < -0.3 is 5.11 Å². The predicted molar refractivity (Wildman–Crippen MR) is 129 cm³/mol. The molecule has 1 aliphatic heterocycles. The van der Waals surface area contributed by atoms with Crippen LogP contribution in [-0.4, -0.2) is 62.8 Å². The Morgan fingerprint density at radius 3 is 2.32 bits per heavy atom. The number of carboxylic acids is 1. The van der Waals surface area contributed by atoms with Gasteiger partial charge in [0.15, 0.2) is 0 Å². The van der Waals surface area contributed by atoms with Crippen LogP contribution in [0.25, 0.3) is 17.3 Å². The van der Waals surface area contributed by atoms with Gasteiger partial charge in [-0.15, -0.1) is 0 Å². The molecule has 0 bridgehead atoms. The average Bonchev–Trinajstić information content (AvgIpc) is 3.04. The van der Waals surface area contributed by atoms with Crippen LogP contribution in [-0.2, 0) is 21.9 Å². The molecule has 37 heavy (non-hydrogen) atoms. The number of pyridine rings is 1. The summed E-state index contributed by atoms with van der Waals surface area (Å²) in [7, 11) is 1.62. The van der Waals surface area contributed by atoms with Crippen LogP contribution in [0.2, 0.25) is 0 Å². The molecule has 1 aromatic heterocycles. The third-order valence-electron chi connectivity index (χ3n) is 5.13. The number of nitrogens with zero attached hydrogens (tertiary/aromatic N) is 3. The molecule has 14 heteroatoms. The molecule has 1 amide bonds. The van der Waals surface area contributed by atoms with E-state index in [0.29, 0.717) is 25.1 Å². The molecule has 0 aliphatic carbocycles. The molecule has 1 N–H and O–H groups in total. The van der Waals surface area contributed by atoms with E-state index in [-0.39, 0.29) is 45.3 Å². The number of likely N-dealkylation sites (N-methyl/N-ethyl adjacent to an activating group) is 1. The van der Waals surface area contributed by atoms with Gasteiger partial charge in [0.05, 0.1) is 34.0 Å². The number of thioether (sulfide) groups is 1. The number of benzene rings is 1. The summed E-state index contributed by atoms with van der Waals surface area (Å²) in [5, 5.41) is 8.80. The Labute approximate surface area is 217 Å². The van der Waals surface area contributed by atoms with Crippen molar-refractivity contribution < 1.29 is 41.0 Å². The fourth-order valence-electron chi connectivity index (χ4n) is 3.43. The van der Waals surface area contributed by atoms with E-state index in [9.17, 15) is 35.9 Å². The molecule has 1 fully saturated rings. The van der Waals surface area contributed by atoms with E-state index >= 15 is 0 Å². The van der Waals surface area contributed by atoms with Crippen molar-refractivity contribution in [2.75, 3.05) is 26.7 Å². The van der Waals surface area contributed by atoms with Gasteiger partial charge in [0.25, 0.3) is 5.91 Å². The number of halogens is 6. The van der Waals surface area contributed by atoms with Gasteiger partial charge in [0.1, 0.15) is 4.32 Å². The number of hydrogen-bond donors (Lipinski definition) is 1. The lowest BCUT2D eigenvalue weighted by Gasteiger charge is -2.17. The lowest BCUT2D eigenvalue weighted by atomic mass is 10.0. The van der Waals surface area contributed by atoms with Gasteiger partial charge in [-0.1, -0.05) is 30.0 Å². The minimum atomic E-state index is -5.00. The van der Waals surface area contributed by atoms with Crippen molar-refractivity contribution >= 4 is 46.3 Å². The monoisotopic (exact) mass is 563 g/mol. The van der Waals surface area contributed by atoms with Crippen LogP contribution in [0.15, 0.2) is 41.3 Å². The van der Waals surface area contributed by atoms with Gasteiger partial charge >= 0.3 is 18.3 Å². The second-order valence-electron chi connectivity index (χ2n) is 8.06. The Bertz CT molecular complexity index is 1210. The molecule has 0 saturated carbocycles. The number of aromatic nitrogens is 1. The van der Waals surface area contributed by atoms with E-state index in [1.54, 1.807) is 11.9 Å². The maximum atomic E-state index is 13.2. The molecule has 1 saturated heterocycles. The number of amides is 1. The van der Waals surface area contributed by atoms with Crippen molar-refractivity contribution in [2.24, 2.45) is 0 Å². The lowest BCUT2D eigenvalue weighted by molar-refractivity contribution is -0.143. The Balaban J connectivity index is 1.83. The number of alkyl halides is 6. The SMILES string of the molecule is CN(CCCN1C(=O)/C(=C/c2cccc(-c3cc(C(F)(F)F)cc(C(F)(F)F)c3)n2)SC1=S)CC(=O)O. The Hall–Kier alpha value is -2.97. The van der Waals surface area contributed by atoms with E-state index < -0.39 is 35.4 Å². The van der Waals surface area contributed by atoms with Gasteiger partial charge in [-0.05, 0) is 49.9 Å². The zero-order chi connectivity index (χ0) is 27.5. The first-order valence-corrected chi connectivity index (χ1v) is 11.8. The summed E-state index contributed by atoms with van der Waals surface area (Å²) in [5.41, 5.74) is -3.29. The highest BCUT2D eigenvalue weighted by molar-refractivity contribution is 8.26. The minimum absolute atomic E-state index is 0.0398. The average molecular weight is 564 g/mol. The van der Waals surface area contributed by atoms with Crippen molar-refractivity contribution in [3.05, 3.63) is 58.1 Å². The maximum Gasteiger partial charge on any atom is 0.416 e. The lowest BCUT2D eigenvalue weighted by Crippen LogP contribution is -2.33. The predicted octanol–water partition coefficient (Wildman–Crippen LogP) is 5.39. The van der Waals surface area contributed by atoms with Crippen LogP contribution in [0.5, 0.6) is 0 Å². The topological polar surface area (TPSA) is 73.7 Å². The molecule has 1 aromatic carbocycles. The molecular formula is C23H19F6N3O3S2. The summed E-state index contributed by atoms with van der Waals surface area (Å²) in [6.45, 7) is 0.490. The van der Waals surface area contributed by atoms with Crippen LogP contribution in [0.4, 0.5) is 26.3 Å². The van der Waals surface area contributed by atoms with Gasteiger partial charge in [-0.25, -0.2) is 4.98 Å². The van der Waals surface area contributed by atoms with E-state index in [1.165, 1.54) is 29.2 Å². The molecular weight excluding hydrogens is 544 g/mol. The molecule has 0 radical (unpaired) electrons. The number of carboxylic acid groups (broad SMARTS) is 1. The number of carbonyl (C=O) groups excluding carboxylic acids is 1. The first-order chi connectivity index (χ1) is 17.1. The van der Waals surface area contributed by atoms with Crippen molar-refractivity contribution in [3.63, 3.8) is 0 Å². The third-order valence-corrected chi connectivity index (χ3v) is 6.51. The van der Waals surface area contributed by atoms with Crippen molar-refractivity contribution in [1.82, 2.24) is 14.8 Å². The maximum absolute atomic E-state index is 13.2. The summed E-state index contributed by atoms with van der Waals surface area (Å²) >= 11 is 6.23. The van der Waals surface area contributed by atoms with Crippen LogP contribution in [0.3, 0.4) is 0 Å². The highest BCUT2D eigenvalue weighted by Gasteiger charge is 2.37. The van der Waals surface area contributed by atoms with Gasteiger partial charge in [-0.2, -0.15) is 26.3 Å². The summed E-state index contributed by atoms with van der Waals surface area (Å²) in [4.78, 5) is 30.8. The molecule has 2 heterocycles. The molecule has 0 spiro atoms. The van der Waals surface area contributed by atoms with E-state index in [0.717, 1.165) is 11.8 Å². The third kappa shape index (κ3) is 7.52. The quantitative estimate of drug-likeness (QED) is 0.262. The summed E-state index contributed by atoms with van der Waals surface area (Å²) in [5.74, 6) is -1.41. The second kappa shape index (κ2) is 11.2. The van der Waals surface area contributed by atoms with Gasteiger partial charge in [-0.3, -0.25) is 19.4 Å². The Morgan fingerprint density at radius 2 is 1.76 bits per heavy atom. The normalized spacial score (nSPS) is 15.8. The molecule has 3 rings (SSSR count). The first kappa shape index (κ1) is 28.6. The number of rotatable bonds is 8. The van der Waals surface area contributed by atoms with Crippen molar-refractivity contribution in [1.29, 1.82) is 0 Å². The molecule has 1 aliphatic rings. The van der Waals surface area contributed by atoms with Gasteiger partial charge in [0.2, 0.25) is 0 Å².